The molecule has 0 saturated carbocycles. The van der Waals surface area contributed by atoms with E-state index in [4.69, 9.17) is 10.5 Å². The number of anilines is 1. The molecule has 4 N–H and O–H groups in total. The average molecular weight is 426 g/mol. The van der Waals surface area contributed by atoms with Gasteiger partial charge in [-0.25, -0.2) is 0 Å². The van der Waals surface area contributed by atoms with Gasteiger partial charge in [0.25, 0.3) is 0 Å². The molecule has 2 aromatic heterocycles. The molecule has 7 heteroatoms. The van der Waals surface area contributed by atoms with E-state index in [1.807, 2.05) is 12.1 Å². The van der Waals surface area contributed by atoms with Gasteiger partial charge in [-0.05, 0) is 43.5 Å². The number of hydrogen-bond acceptors (Lipinski definition) is 6. The van der Waals surface area contributed by atoms with Crippen molar-refractivity contribution in [3.8, 4) is 6.01 Å². The summed E-state index contributed by atoms with van der Waals surface area (Å²) < 4.78 is 5.64. The van der Waals surface area contributed by atoms with Gasteiger partial charge in [-0.1, -0.05) is 51.5 Å². The smallest absolute Gasteiger partial charge is 0.319 e. The second-order valence-electron chi connectivity index (χ2n) is 7.98. The van der Waals surface area contributed by atoms with E-state index >= 15 is 0 Å². The van der Waals surface area contributed by atoms with E-state index in [1.165, 1.54) is 5.56 Å². The van der Waals surface area contributed by atoms with Crippen molar-refractivity contribution in [1.82, 2.24) is 19.9 Å². The number of unbranched alkanes of at least 4 members (excludes halogenated alkanes) is 1. The normalized spacial score (nSPS) is 12.5. The number of hydrogen-bond donors (Lipinski definition) is 3. The number of nitrogens with two attached hydrogens (primary N) is 1. The number of H-pyrrole nitrogens is 1. The monoisotopic (exact) mass is 425 g/mol. The molecule has 0 aliphatic carbocycles. The lowest BCUT2D eigenvalue weighted by molar-refractivity contribution is 0.221. The van der Waals surface area contributed by atoms with Gasteiger partial charge >= 0.3 is 6.01 Å². The highest BCUT2D eigenvalue weighted by Crippen LogP contribution is 2.31. The highest BCUT2D eigenvalue weighted by Gasteiger charge is 2.19. The minimum atomic E-state index is -0.817. The van der Waals surface area contributed by atoms with Gasteiger partial charge in [-0.3, -0.25) is 4.90 Å². The molecule has 0 bridgehead atoms. The molecule has 7 nitrogen and oxygen atoms in total. The van der Waals surface area contributed by atoms with Gasteiger partial charge in [0.15, 0.2) is 5.82 Å². The van der Waals surface area contributed by atoms with Gasteiger partial charge in [-0.15, -0.1) is 0 Å². The van der Waals surface area contributed by atoms with Crippen LogP contribution in [0.25, 0.3) is 11.0 Å². The molecule has 0 fully saturated rings. The van der Waals surface area contributed by atoms with Crippen LogP contribution in [-0.4, -0.2) is 44.7 Å². The summed E-state index contributed by atoms with van der Waals surface area (Å²) in [6.45, 7) is 10.2. The summed E-state index contributed by atoms with van der Waals surface area (Å²) in [5.74, 6) is 0.317. The highest BCUT2D eigenvalue weighted by atomic mass is 16.5. The summed E-state index contributed by atoms with van der Waals surface area (Å²) in [6, 6.07) is 8.40. The van der Waals surface area contributed by atoms with Gasteiger partial charge in [0.1, 0.15) is 17.1 Å². The van der Waals surface area contributed by atoms with Crippen LogP contribution in [0.1, 0.15) is 69.2 Å². The molecular weight excluding hydrogens is 390 g/mol. The standard InChI is InChI=1S/C24H35N5O2/c1-4-7-14-31-24-27-20-19(15-26-21(20)23(25)28-24)22(30)18-10-8-17(9-11-18)16-29(12-5-2)13-6-3/h8-11,15,22,26,30H,4-7,12-14,16H2,1-3H3,(H2,25,27,28). The maximum Gasteiger partial charge on any atom is 0.319 e. The molecule has 0 spiro atoms. The number of aliphatic hydroxyl groups is 1. The fourth-order valence-electron chi connectivity index (χ4n) is 3.75. The molecule has 0 aliphatic rings. The Bertz CT molecular complexity index is 949. The average Bonchev–Trinajstić information content (AvgIpc) is 3.19. The molecule has 0 amide bonds. The first-order chi connectivity index (χ1) is 15.1. The Kier molecular flexibility index (Phi) is 8.26. The van der Waals surface area contributed by atoms with E-state index < -0.39 is 6.10 Å². The number of fused-ring (bicyclic) bond motifs is 1. The van der Waals surface area contributed by atoms with E-state index in [0.717, 1.165) is 50.9 Å². The second-order valence-corrected chi connectivity index (χ2v) is 7.98. The fourth-order valence-corrected chi connectivity index (χ4v) is 3.75. The van der Waals surface area contributed by atoms with Crippen molar-refractivity contribution < 1.29 is 9.84 Å². The molecule has 168 valence electrons. The van der Waals surface area contributed by atoms with Crippen LogP contribution in [0.2, 0.25) is 0 Å². The SMILES string of the molecule is CCCCOc1nc(N)c2[nH]cc(C(O)c3ccc(CN(CCC)CCC)cc3)c2n1. The van der Waals surface area contributed by atoms with Gasteiger partial charge in [0, 0.05) is 18.3 Å². The summed E-state index contributed by atoms with van der Waals surface area (Å²) in [5, 5.41) is 11.0. The molecule has 3 rings (SSSR count). The Morgan fingerprint density at radius 2 is 1.77 bits per heavy atom. The van der Waals surface area contributed by atoms with Gasteiger partial charge in [-0.2, -0.15) is 9.97 Å². The maximum absolute atomic E-state index is 11.0. The lowest BCUT2D eigenvalue weighted by Gasteiger charge is -2.21. The topological polar surface area (TPSA) is 100 Å². The second kappa shape index (κ2) is 11.1. The first kappa shape index (κ1) is 23.0. The molecule has 31 heavy (non-hydrogen) atoms. The Morgan fingerprint density at radius 3 is 2.42 bits per heavy atom. The minimum Gasteiger partial charge on any atom is -0.463 e. The van der Waals surface area contributed by atoms with Crippen molar-refractivity contribution >= 4 is 16.9 Å². The Labute approximate surface area is 184 Å². The molecule has 0 saturated heterocycles. The zero-order chi connectivity index (χ0) is 22.2. The third-order valence-electron chi connectivity index (χ3n) is 5.37. The predicted molar refractivity (Wildman–Crippen MR) is 125 cm³/mol. The van der Waals surface area contributed by atoms with Crippen molar-refractivity contribution in [3.05, 3.63) is 47.2 Å². The van der Waals surface area contributed by atoms with Crippen molar-refractivity contribution in [3.63, 3.8) is 0 Å². The van der Waals surface area contributed by atoms with Crippen LogP contribution in [-0.2, 0) is 6.54 Å². The number of benzene rings is 1. The zero-order valence-electron chi connectivity index (χ0n) is 18.9. The summed E-state index contributed by atoms with van der Waals surface area (Å²) in [6.07, 6.45) is 5.16. The Hall–Kier alpha value is -2.64. The van der Waals surface area contributed by atoms with Crippen LogP contribution in [0.5, 0.6) is 6.01 Å². The lowest BCUT2D eigenvalue weighted by atomic mass is 10.0. The third kappa shape index (κ3) is 5.74. The summed E-state index contributed by atoms with van der Waals surface area (Å²) in [4.78, 5) is 14.3. The van der Waals surface area contributed by atoms with E-state index in [1.54, 1.807) is 6.20 Å². The number of nitrogens with one attached hydrogen (secondary N) is 1. The molecular formula is C24H35N5O2. The van der Waals surface area contributed by atoms with Gasteiger partial charge < -0.3 is 20.6 Å². The quantitative estimate of drug-likeness (QED) is 0.371. The summed E-state index contributed by atoms with van der Waals surface area (Å²) in [7, 11) is 0. The Morgan fingerprint density at radius 1 is 1.06 bits per heavy atom. The summed E-state index contributed by atoms with van der Waals surface area (Å²) >= 11 is 0. The molecule has 3 aromatic rings. The third-order valence-corrected chi connectivity index (χ3v) is 5.37. The lowest BCUT2D eigenvalue weighted by Crippen LogP contribution is -2.24. The van der Waals surface area contributed by atoms with Crippen LogP contribution in [0.15, 0.2) is 30.5 Å². The number of nitrogen functional groups attached to an aromatic ring is 1. The molecule has 0 aliphatic heterocycles. The van der Waals surface area contributed by atoms with Crippen molar-refractivity contribution in [2.45, 2.75) is 59.1 Å². The van der Waals surface area contributed by atoms with E-state index in [-0.39, 0.29) is 6.01 Å². The molecule has 2 heterocycles. The number of rotatable bonds is 12. The number of nitrogens with zero attached hydrogens (tertiary/aromatic N) is 3. The first-order valence-corrected chi connectivity index (χ1v) is 11.3. The molecule has 1 unspecified atom stereocenters. The van der Waals surface area contributed by atoms with Crippen LogP contribution in [0, 0.1) is 0 Å². The highest BCUT2D eigenvalue weighted by molar-refractivity contribution is 5.88. The van der Waals surface area contributed by atoms with Crippen LogP contribution in [0.3, 0.4) is 0 Å². The maximum atomic E-state index is 11.0. The van der Waals surface area contributed by atoms with E-state index in [9.17, 15) is 5.11 Å². The fraction of sp³-hybridized carbons (Fsp3) is 0.500. The number of aliphatic hydroxyl groups excluding tert-OH is 1. The van der Waals surface area contributed by atoms with Crippen LogP contribution < -0.4 is 10.5 Å². The number of ether oxygens (including phenoxy) is 1. The van der Waals surface area contributed by atoms with E-state index in [0.29, 0.717) is 29.0 Å². The number of aromatic amines is 1. The zero-order valence-corrected chi connectivity index (χ0v) is 18.9. The largest absolute Gasteiger partial charge is 0.463 e. The van der Waals surface area contributed by atoms with Crippen molar-refractivity contribution in [1.29, 1.82) is 0 Å². The van der Waals surface area contributed by atoms with Gasteiger partial charge in [0.05, 0.1) is 6.61 Å². The van der Waals surface area contributed by atoms with Crippen molar-refractivity contribution in [2.24, 2.45) is 0 Å². The van der Waals surface area contributed by atoms with E-state index in [2.05, 4.69) is 52.8 Å². The van der Waals surface area contributed by atoms with Crippen molar-refractivity contribution in [2.75, 3.05) is 25.4 Å². The first-order valence-electron chi connectivity index (χ1n) is 11.3. The van der Waals surface area contributed by atoms with Crippen LogP contribution >= 0.6 is 0 Å². The molecule has 1 atom stereocenters. The van der Waals surface area contributed by atoms with Crippen LogP contribution in [0.4, 0.5) is 5.82 Å². The van der Waals surface area contributed by atoms with Gasteiger partial charge in [0.2, 0.25) is 0 Å². The molecule has 1 aromatic carbocycles. The predicted octanol–water partition coefficient (Wildman–Crippen LogP) is 4.42. The summed E-state index contributed by atoms with van der Waals surface area (Å²) in [5.41, 5.74) is 10.0. The number of aromatic nitrogens is 3. The Balaban J connectivity index is 1.79. The molecule has 0 radical (unpaired) electrons. The minimum absolute atomic E-state index is 0.244.